The summed E-state index contributed by atoms with van der Waals surface area (Å²) in [5.74, 6) is -1.56. The Morgan fingerprint density at radius 1 is 1.00 bits per heavy atom. The number of esters is 1. The molecule has 5 heteroatoms. The maximum Gasteiger partial charge on any atom is 0.374 e. The Hall–Kier alpha value is -0.940. The molecule has 0 atom stereocenters. The van der Waals surface area contributed by atoms with E-state index in [2.05, 4.69) is 0 Å². The molecule has 0 unspecified atom stereocenters. The van der Waals surface area contributed by atoms with Gasteiger partial charge in [-0.1, -0.05) is 27.7 Å². The van der Waals surface area contributed by atoms with Gasteiger partial charge in [0.25, 0.3) is 0 Å². The lowest BCUT2D eigenvalue weighted by Crippen LogP contribution is -2.31. The summed E-state index contributed by atoms with van der Waals surface area (Å²) in [4.78, 5) is 22.8. The topological polar surface area (TPSA) is 83.8 Å². The molecule has 0 heterocycles. The van der Waals surface area contributed by atoms with Gasteiger partial charge in [0, 0.05) is 18.4 Å². The summed E-state index contributed by atoms with van der Waals surface area (Å²) in [6.07, 6.45) is -0.0537. The van der Waals surface area contributed by atoms with Crippen molar-refractivity contribution >= 4 is 11.8 Å². The first kappa shape index (κ1) is 16.1. The van der Waals surface area contributed by atoms with Gasteiger partial charge in [-0.25, -0.2) is 4.79 Å². The zero-order chi connectivity index (χ0) is 13.7. The quantitative estimate of drug-likeness (QED) is 0.505. The number of hydrogen-bond donors (Lipinski definition) is 2. The minimum absolute atomic E-state index is 0.00632. The van der Waals surface area contributed by atoms with E-state index in [9.17, 15) is 9.59 Å². The summed E-state index contributed by atoms with van der Waals surface area (Å²) in [6.45, 7) is 6.52. The molecule has 0 fully saturated rings. The fraction of sp³-hybridized carbons (Fsp3) is 0.833. The van der Waals surface area contributed by atoms with Crippen LogP contribution in [0.25, 0.3) is 0 Å². The SMILES string of the molecule is CC(C)(CO)COC(=O)C(=O)CC(C)(C)CO. The normalized spacial score (nSPS) is 12.4. The van der Waals surface area contributed by atoms with Crippen LogP contribution in [0.3, 0.4) is 0 Å². The van der Waals surface area contributed by atoms with Crippen molar-refractivity contribution in [2.75, 3.05) is 19.8 Å². The molecule has 0 aromatic rings. The standard InChI is InChI=1S/C12H22O5/c1-11(2,6-13)5-9(15)10(16)17-8-12(3,4)7-14/h13-14H,5-8H2,1-4H3. The van der Waals surface area contributed by atoms with Crippen molar-refractivity contribution < 1.29 is 24.5 Å². The van der Waals surface area contributed by atoms with Crippen molar-refractivity contribution in [1.29, 1.82) is 0 Å². The van der Waals surface area contributed by atoms with Crippen molar-refractivity contribution in [3.05, 3.63) is 0 Å². The Kier molecular flexibility index (Phi) is 5.78. The molecule has 0 radical (unpaired) electrons. The Bertz CT molecular complexity index is 281. The third kappa shape index (κ3) is 6.38. The fourth-order valence-electron chi connectivity index (χ4n) is 0.950. The second-order valence-electron chi connectivity index (χ2n) is 5.82. The third-order valence-electron chi connectivity index (χ3n) is 2.32. The number of aliphatic hydroxyl groups excluding tert-OH is 2. The van der Waals surface area contributed by atoms with Gasteiger partial charge >= 0.3 is 5.97 Å². The zero-order valence-electron chi connectivity index (χ0n) is 10.9. The lowest BCUT2D eigenvalue weighted by molar-refractivity contribution is -0.157. The number of Topliss-reactive ketones (excluding diaryl/α,β-unsaturated/α-hetero) is 1. The van der Waals surface area contributed by atoms with Gasteiger partial charge in [0.1, 0.15) is 0 Å². The molecule has 0 saturated heterocycles. The highest BCUT2D eigenvalue weighted by molar-refractivity contribution is 6.33. The monoisotopic (exact) mass is 246 g/mol. The van der Waals surface area contributed by atoms with E-state index < -0.39 is 22.6 Å². The smallest absolute Gasteiger partial charge is 0.374 e. The highest BCUT2D eigenvalue weighted by Gasteiger charge is 2.28. The van der Waals surface area contributed by atoms with E-state index in [4.69, 9.17) is 14.9 Å². The van der Waals surface area contributed by atoms with Crippen molar-refractivity contribution in [2.45, 2.75) is 34.1 Å². The summed E-state index contributed by atoms with van der Waals surface area (Å²) < 4.78 is 4.82. The number of carbonyl (C=O) groups excluding carboxylic acids is 2. The minimum atomic E-state index is -0.909. The molecule has 0 saturated carbocycles. The molecule has 2 N–H and O–H groups in total. The van der Waals surface area contributed by atoms with Crippen LogP contribution >= 0.6 is 0 Å². The molecule has 0 amide bonds. The molecule has 5 nitrogen and oxygen atoms in total. The highest BCUT2D eigenvalue weighted by Crippen LogP contribution is 2.20. The van der Waals surface area contributed by atoms with E-state index in [0.717, 1.165) is 0 Å². The lowest BCUT2D eigenvalue weighted by atomic mass is 9.88. The number of hydrogen-bond acceptors (Lipinski definition) is 5. The fourth-order valence-corrected chi connectivity index (χ4v) is 0.950. The predicted octanol–water partition coefficient (Wildman–Crippen LogP) is 0.526. The zero-order valence-corrected chi connectivity index (χ0v) is 10.9. The lowest BCUT2D eigenvalue weighted by Gasteiger charge is -2.22. The summed E-state index contributed by atoms with van der Waals surface area (Å²) in [7, 11) is 0. The minimum Gasteiger partial charge on any atom is -0.459 e. The Morgan fingerprint density at radius 3 is 1.88 bits per heavy atom. The van der Waals surface area contributed by atoms with Crippen LogP contribution in [-0.4, -0.2) is 41.8 Å². The van der Waals surface area contributed by atoms with E-state index in [1.54, 1.807) is 27.7 Å². The van der Waals surface area contributed by atoms with Crippen LogP contribution in [0.15, 0.2) is 0 Å². The number of ether oxygens (including phenoxy) is 1. The van der Waals surface area contributed by atoms with Crippen LogP contribution < -0.4 is 0 Å². The van der Waals surface area contributed by atoms with Crippen molar-refractivity contribution in [2.24, 2.45) is 10.8 Å². The molecule has 0 bridgehead atoms. The number of ketones is 1. The molecule has 0 spiro atoms. The maximum atomic E-state index is 11.5. The largest absolute Gasteiger partial charge is 0.459 e. The molecule has 0 aliphatic heterocycles. The van der Waals surface area contributed by atoms with Crippen LogP contribution in [0, 0.1) is 10.8 Å². The van der Waals surface area contributed by atoms with Gasteiger partial charge in [-0.2, -0.15) is 0 Å². The first-order valence-corrected chi connectivity index (χ1v) is 5.55. The number of aliphatic hydroxyl groups is 2. The van der Waals surface area contributed by atoms with E-state index >= 15 is 0 Å². The highest BCUT2D eigenvalue weighted by atomic mass is 16.5. The molecule has 0 aromatic carbocycles. The van der Waals surface area contributed by atoms with Crippen LogP contribution in [-0.2, 0) is 14.3 Å². The van der Waals surface area contributed by atoms with Crippen LogP contribution in [0.1, 0.15) is 34.1 Å². The molecule has 0 aromatic heterocycles. The van der Waals surface area contributed by atoms with Gasteiger partial charge in [-0.15, -0.1) is 0 Å². The van der Waals surface area contributed by atoms with Crippen LogP contribution in [0.2, 0.25) is 0 Å². The summed E-state index contributed by atoms with van der Waals surface area (Å²) in [6, 6.07) is 0. The van der Waals surface area contributed by atoms with Gasteiger partial charge in [-0.3, -0.25) is 4.79 Å². The predicted molar refractivity (Wildman–Crippen MR) is 62.3 cm³/mol. The van der Waals surface area contributed by atoms with E-state index in [-0.39, 0.29) is 26.2 Å². The van der Waals surface area contributed by atoms with Gasteiger partial charge in [0.05, 0.1) is 13.2 Å². The van der Waals surface area contributed by atoms with Crippen molar-refractivity contribution in [1.82, 2.24) is 0 Å². The summed E-state index contributed by atoms with van der Waals surface area (Å²) >= 11 is 0. The third-order valence-corrected chi connectivity index (χ3v) is 2.32. The molecule has 100 valence electrons. The molecule has 0 rings (SSSR count). The number of carbonyl (C=O) groups is 2. The molecule has 17 heavy (non-hydrogen) atoms. The first-order valence-electron chi connectivity index (χ1n) is 5.55. The molecule has 0 aliphatic rings. The van der Waals surface area contributed by atoms with E-state index in [0.29, 0.717) is 0 Å². The Balaban J connectivity index is 4.21. The molecular formula is C12H22O5. The maximum absolute atomic E-state index is 11.5. The van der Waals surface area contributed by atoms with Gasteiger partial charge < -0.3 is 14.9 Å². The van der Waals surface area contributed by atoms with Gasteiger partial charge in [-0.05, 0) is 5.41 Å². The number of rotatable bonds is 7. The average Bonchev–Trinajstić information content (AvgIpc) is 2.25. The van der Waals surface area contributed by atoms with Crippen LogP contribution in [0.5, 0.6) is 0 Å². The average molecular weight is 246 g/mol. The first-order chi connectivity index (χ1) is 7.63. The van der Waals surface area contributed by atoms with Gasteiger partial charge in [0.2, 0.25) is 5.78 Å². The second kappa shape index (κ2) is 6.12. The van der Waals surface area contributed by atoms with E-state index in [1.165, 1.54) is 0 Å². The Labute approximate surface area is 102 Å². The van der Waals surface area contributed by atoms with Crippen LogP contribution in [0.4, 0.5) is 0 Å². The van der Waals surface area contributed by atoms with E-state index in [1.807, 2.05) is 0 Å². The van der Waals surface area contributed by atoms with Crippen molar-refractivity contribution in [3.8, 4) is 0 Å². The van der Waals surface area contributed by atoms with Crippen molar-refractivity contribution in [3.63, 3.8) is 0 Å². The second-order valence-corrected chi connectivity index (χ2v) is 5.82. The Morgan fingerprint density at radius 2 is 1.47 bits per heavy atom. The summed E-state index contributed by atoms with van der Waals surface area (Å²) in [5, 5.41) is 17.9. The van der Waals surface area contributed by atoms with Gasteiger partial charge in [0.15, 0.2) is 0 Å². The molecular weight excluding hydrogens is 224 g/mol. The summed E-state index contributed by atoms with van der Waals surface area (Å²) in [5.41, 5.74) is -1.18. The molecule has 0 aliphatic carbocycles.